The van der Waals surface area contributed by atoms with Crippen molar-refractivity contribution in [3.63, 3.8) is 0 Å². The Bertz CT molecular complexity index is 1320. The van der Waals surface area contributed by atoms with Crippen LogP contribution in [0.15, 0.2) is 58.3 Å². The lowest BCUT2D eigenvalue weighted by molar-refractivity contribution is 0.288. The Balaban J connectivity index is 1.47. The van der Waals surface area contributed by atoms with Crippen molar-refractivity contribution in [3.8, 4) is 22.3 Å². The van der Waals surface area contributed by atoms with Crippen molar-refractivity contribution in [2.24, 2.45) is 0 Å². The topological polar surface area (TPSA) is 66.0 Å². The zero-order chi connectivity index (χ0) is 20.7. The molecule has 0 aliphatic rings. The van der Waals surface area contributed by atoms with Gasteiger partial charge in [-0.3, -0.25) is 0 Å². The molecule has 4 aromatic heterocycles. The second-order valence-corrected chi connectivity index (χ2v) is 8.04. The van der Waals surface area contributed by atoms with Crippen molar-refractivity contribution in [1.82, 2.24) is 19.7 Å². The third-order valence-corrected chi connectivity index (χ3v) is 5.83. The quantitative estimate of drug-likeness (QED) is 0.371. The number of ether oxygens (including phenoxy) is 1. The van der Waals surface area contributed by atoms with Gasteiger partial charge in [-0.2, -0.15) is 10.1 Å². The first-order chi connectivity index (χ1) is 14.6. The number of benzene rings is 1. The van der Waals surface area contributed by atoms with Gasteiger partial charge in [0.15, 0.2) is 5.65 Å². The van der Waals surface area contributed by atoms with Crippen LogP contribution in [0, 0.1) is 20.8 Å². The predicted octanol–water partition coefficient (Wildman–Crippen LogP) is 5.64. The van der Waals surface area contributed by atoms with E-state index < -0.39 is 0 Å². The van der Waals surface area contributed by atoms with E-state index in [1.54, 1.807) is 11.3 Å². The van der Waals surface area contributed by atoms with Gasteiger partial charge in [0.05, 0.1) is 16.3 Å². The molecule has 6 nitrogen and oxygen atoms in total. The molecule has 0 radical (unpaired) electrons. The molecule has 30 heavy (non-hydrogen) atoms. The van der Waals surface area contributed by atoms with E-state index in [9.17, 15) is 0 Å². The molecule has 0 N–H and O–H groups in total. The van der Waals surface area contributed by atoms with Crippen LogP contribution in [0.5, 0.6) is 5.88 Å². The first-order valence-corrected chi connectivity index (χ1v) is 10.5. The number of thiophene rings is 1. The zero-order valence-corrected chi connectivity index (χ0v) is 17.7. The van der Waals surface area contributed by atoms with E-state index in [2.05, 4.69) is 11.9 Å². The van der Waals surface area contributed by atoms with Crippen LogP contribution in [-0.2, 0) is 6.61 Å². The molecule has 0 aliphatic heterocycles. The second-order valence-electron chi connectivity index (χ2n) is 7.10. The third-order valence-electron chi connectivity index (χ3n) is 4.97. The summed E-state index contributed by atoms with van der Waals surface area (Å²) in [5.74, 6) is 1.91. The number of pyridine rings is 1. The highest BCUT2D eigenvalue weighted by atomic mass is 32.1. The summed E-state index contributed by atoms with van der Waals surface area (Å²) in [7, 11) is 0. The van der Waals surface area contributed by atoms with Crippen LogP contribution in [-0.4, -0.2) is 19.7 Å². The summed E-state index contributed by atoms with van der Waals surface area (Å²) in [6.07, 6.45) is 0. The molecule has 0 bridgehead atoms. The van der Waals surface area contributed by atoms with Crippen LogP contribution in [0.1, 0.15) is 22.7 Å². The maximum Gasteiger partial charge on any atom is 0.236 e. The number of fused-ring (bicyclic) bond motifs is 1. The minimum Gasteiger partial charge on any atom is -0.471 e. The Labute approximate surface area is 177 Å². The number of para-hydroxylation sites is 1. The number of nitrogens with zero attached hydrogens (tertiary/aromatic N) is 4. The van der Waals surface area contributed by atoms with Crippen LogP contribution < -0.4 is 4.74 Å². The molecule has 0 spiro atoms. The number of aromatic nitrogens is 4. The molecule has 0 unspecified atom stereocenters. The molecule has 0 atom stereocenters. The van der Waals surface area contributed by atoms with Crippen LogP contribution in [0.3, 0.4) is 0 Å². The largest absolute Gasteiger partial charge is 0.471 e. The SMILES string of the molecule is Cc1oc(-c2cccs2)nc1COc1cc(C)c2c(C)nn(-c3ccccc3)c2n1. The van der Waals surface area contributed by atoms with Gasteiger partial charge in [0.2, 0.25) is 11.8 Å². The maximum atomic E-state index is 6.02. The first-order valence-electron chi connectivity index (χ1n) is 9.65. The number of oxazole rings is 1. The molecular formula is C23H20N4O2S. The Morgan fingerprint density at radius 2 is 1.87 bits per heavy atom. The number of rotatable bonds is 5. The monoisotopic (exact) mass is 416 g/mol. The zero-order valence-electron chi connectivity index (χ0n) is 16.9. The van der Waals surface area contributed by atoms with Gasteiger partial charge in [-0.1, -0.05) is 24.3 Å². The first kappa shape index (κ1) is 18.6. The van der Waals surface area contributed by atoms with E-state index in [1.165, 1.54) is 0 Å². The van der Waals surface area contributed by atoms with Gasteiger partial charge in [-0.15, -0.1) is 11.3 Å². The molecule has 7 heteroatoms. The number of hydrogen-bond donors (Lipinski definition) is 0. The molecule has 4 heterocycles. The molecule has 5 aromatic rings. The Kier molecular flexibility index (Phi) is 4.59. The summed E-state index contributed by atoms with van der Waals surface area (Å²) >= 11 is 1.60. The normalized spacial score (nSPS) is 11.3. The number of hydrogen-bond acceptors (Lipinski definition) is 6. The summed E-state index contributed by atoms with van der Waals surface area (Å²) < 4.78 is 13.7. The third kappa shape index (κ3) is 3.27. The maximum absolute atomic E-state index is 6.02. The van der Waals surface area contributed by atoms with Crippen molar-refractivity contribution >= 4 is 22.4 Å². The highest BCUT2D eigenvalue weighted by Gasteiger charge is 2.16. The summed E-state index contributed by atoms with van der Waals surface area (Å²) in [6, 6.07) is 15.9. The Morgan fingerprint density at radius 3 is 2.63 bits per heavy atom. The molecule has 150 valence electrons. The summed E-state index contributed by atoms with van der Waals surface area (Å²) in [4.78, 5) is 10.4. The molecule has 1 aromatic carbocycles. The Hall–Kier alpha value is -3.45. The van der Waals surface area contributed by atoms with E-state index in [0.717, 1.165) is 44.3 Å². The van der Waals surface area contributed by atoms with Crippen molar-refractivity contribution in [2.45, 2.75) is 27.4 Å². The second kappa shape index (κ2) is 7.42. The fourth-order valence-electron chi connectivity index (χ4n) is 3.51. The highest BCUT2D eigenvalue weighted by molar-refractivity contribution is 7.13. The molecule has 0 aliphatic carbocycles. The van der Waals surface area contributed by atoms with E-state index in [0.29, 0.717) is 11.8 Å². The minimum atomic E-state index is 0.289. The van der Waals surface area contributed by atoms with Crippen LogP contribution in [0.25, 0.3) is 27.5 Å². The fourth-order valence-corrected chi connectivity index (χ4v) is 4.16. The summed E-state index contributed by atoms with van der Waals surface area (Å²) in [5, 5.41) is 7.75. The van der Waals surface area contributed by atoms with Gasteiger partial charge >= 0.3 is 0 Å². The van der Waals surface area contributed by atoms with Crippen molar-refractivity contribution in [3.05, 3.63) is 76.6 Å². The van der Waals surface area contributed by atoms with Crippen molar-refractivity contribution in [1.29, 1.82) is 0 Å². The van der Waals surface area contributed by atoms with Crippen LogP contribution in [0.4, 0.5) is 0 Å². The molecular weight excluding hydrogens is 396 g/mol. The molecule has 5 rings (SSSR count). The van der Waals surface area contributed by atoms with Gasteiger partial charge in [0, 0.05) is 11.5 Å². The van der Waals surface area contributed by atoms with E-state index in [-0.39, 0.29) is 6.61 Å². The standard InChI is InChI=1S/C23H20N4O2S/c1-14-12-20(28-13-18-16(3)29-23(24-18)19-10-7-11-30-19)25-22-21(14)15(2)26-27(22)17-8-5-4-6-9-17/h4-12H,13H2,1-3H3. The predicted molar refractivity (Wildman–Crippen MR) is 117 cm³/mol. The van der Waals surface area contributed by atoms with E-state index in [1.807, 2.05) is 72.4 Å². The van der Waals surface area contributed by atoms with Crippen LogP contribution >= 0.6 is 11.3 Å². The smallest absolute Gasteiger partial charge is 0.236 e. The van der Waals surface area contributed by atoms with Gasteiger partial charge < -0.3 is 9.15 Å². The molecule has 0 saturated carbocycles. The van der Waals surface area contributed by atoms with Gasteiger partial charge in [0.25, 0.3) is 0 Å². The Morgan fingerprint density at radius 1 is 1.03 bits per heavy atom. The van der Waals surface area contributed by atoms with E-state index >= 15 is 0 Å². The van der Waals surface area contributed by atoms with Crippen LogP contribution in [0.2, 0.25) is 0 Å². The van der Waals surface area contributed by atoms with E-state index in [4.69, 9.17) is 19.2 Å². The average molecular weight is 417 g/mol. The van der Waals surface area contributed by atoms with Gasteiger partial charge in [0.1, 0.15) is 18.1 Å². The summed E-state index contributed by atoms with van der Waals surface area (Å²) in [5.41, 5.74) is 4.53. The summed E-state index contributed by atoms with van der Waals surface area (Å²) in [6.45, 7) is 6.24. The molecule has 0 saturated heterocycles. The lowest BCUT2D eigenvalue weighted by Crippen LogP contribution is -2.02. The van der Waals surface area contributed by atoms with Gasteiger partial charge in [-0.05, 0) is 49.9 Å². The minimum absolute atomic E-state index is 0.289. The lowest BCUT2D eigenvalue weighted by atomic mass is 10.2. The van der Waals surface area contributed by atoms with Crippen molar-refractivity contribution < 1.29 is 9.15 Å². The van der Waals surface area contributed by atoms with Gasteiger partial charge in [-0.25, -0.2) is 9.67 Å². The number of aryl methyl sites for hydroxylation is 3. The average Bonchev–Trinajstić information content (AvgIpc) is 3.47. The fraction of sp³-hybridized carbons (Fsp3) is 0.174. The molecule has 0 amide bonds. The lowest BCUT2D eigenvalue weighted by Gasteiger charge is -2.07. The highest BCUT2D eigenvalue weighted by Crippen LogP contribution is 2.28. The molecule has 0 fully saturated rings. The van der Waals surface area contributed by atoms with Crippen molar-refractivity contribution in [2.75, 3.05) is 0 Å².